The zero-order valence-corrected chi connectivity index (χ0v) is 12.0. The number of hydrogen-bond donors (Lipinski definition) is 8. The molecule has 2 rings (SSSR count). The second-order valence-corrected chi connectivity index (χ2v) is 5.53. The maximum Gasteiger partial charge on any atom is 0.189 e. The van der Waals surface area contributed by atoms with E-state index in [0.29, 0.717) is 0 Å². The van der Waals surface area contributed by atoms with Crippen LogP contribution in [-0.2, 0) is 14.2 Å². The van der Waals surface area contributed by atoms with Crippen LogP contribution in [0.15, 0.2) is 0 Å². The Hall–Kier alpha value is -0.440. The van der Waals surface area contributed by atoms with E-state index in [2.05, 4.69) is 0 Å². The molecule has 8 N–H and O–H groups in total. The molecule has 2 aliphatic heterocycles. The fourth-order valence-corrected chi connectivity index (χ4v) is 2.49. The maximum absolute atomic E-state index is 9.84. The van der Waals surface area contributed by atoms with Gasteiger partial charge in [0.05, 0.1) is 13.2 Å². The van der Waals surface area contributed by atoms with Gasteiger partial charge in [-0.3, -0.25) is 0 Å². The van der Waals surface area contributed by atoms with Crippen LogP contribution in [0.1, 0.15) is 0 Å². The summed E-state index contributed by atoms with van der Waals surface area (Å²) in [6.45, 7) is -1.33. The number of hydrogen-bond acceptors (Lipinski definition) is 11. The predicted octanol–water partition coefficient (Wildman–Crippen LogP) is -5.40. The second kappa shape index (κ2) is 7.63. The summed E-state index contributed by atoms with van der Waals surface area (Å²) < 4.78 is 15.3. The summed E-state index contributed by atoms with van der Waals surface area (Å²) in [6.07, 6.45) is -15.6. The van der Waals surface area contributed by atoms with Crippen LogP contribution < -0.4 is 0 Å². The van der Waals surface area contributed by atoms with Gasteiger partial charge in [-0.05, 0) is 0 Å². The quantitative estimate of drug-likeness (QED) is 0.243. The first-order chi connectivity index (χ1) is 10.8. The molecule has 2 heterocycles. The first kappa shape index (κ1) is 18.9. The van der Waals surface area contributed by atoms with Crippen molar-refractivity contribution in [2.45, 2.75) is 61.4 Å². The Kier molecular flexibility index (Phi) is 6.27. The van der Waals surface area contributed by atoms with Crippen LogP contribution in [0, 0.1) is 0 Å². The van der Waals surface area contributed by atoms with E-state index < -0.39 is 74.6 Å². The SMILES string of the molecule is OC[C@H]1O[C@H](O[C@H]2O[C@H](CO)[C@@H](O)[C@H](O)[C@H]2O)[C@H](O)[C@@H](O)[C@H]1O. The molecule has 0 spiro atoms. The lowest BCUT2D eigenvalue weighted by Crippen LogP contribution is -2.63. The molecule has 2 aliphatic rings. The van der Waals surface area contributed by atoms with Crippen molar-refractivity contribution < 1.29 is 55.1 Å². The molecule has 0 radical (unpaired) electrons. The summed E-state index contributed by atoms with van der Waals surface area (Å²) in [5, 5.41) is 76.4. The standard InChI is InChI=1S/C12H22O11/c13-1-3-5(15)7(17)9(19)11(21-3)23-12-10(20)8(18)6(16)4(2-14)22-12/h3-20H,1-2H2/t3-,4-,5-,6+,7+,8+,9-,10-,11-,12-/m1/s1. The van der Waals surface area contributed by atoms with E-state index in [-0.39, 0.29) is 0 Å². The van der Waals surface area contributed by atoms with Crippen LogP contribution in [0.4, 0.5) is 0 Å². The zero-order chi connectivity index (χ0) is 17.3. The molecule has 0 aromatic carbocycles. The first-order valence-electron chi connectivity index (χ1n) is 7.08. The van der Waals surface area contributed by atoms with Crippen molar-refractivity contribution in [1.29, 1.82) is 0 Å². The molecule has 0 aromatic heterocycles. The Bertz CT molecular complexity index is 344. The lowest BCUT2D eigenvalue weighted by Gasteiger charge is -2.44. The highest BCUT2D eigenvalue weighted by Gasteiger charge is 2.49. The van der Waals surface area contributed by atoms with Gasteiger partial charge in [-0.15, -0.1) is 0 Å². The summed E-state index contributed by atoms with van der Waals surface area (Å²) in [7, 11) is 0. The highest BCUT2D eigenvalue weighted by molar-refractivity contribution is 4.92. The Morgan fingerprint density at radius 1 is 0.565 bits per heavy atom. The average Bonchev–Trinajstić information content (AvgIpc) is 2.55. The topological polar surface area (TPSA) is 190 Å². The van der Waals surface area contributed by atoms with Crippen LogP contribution in [-0.4, -0.2) is 115 Å². The predicted molar refractivity (Wildman–Crippen MR) is 68.6 cm³/mol. The molecule has 10 atom stereocenters. The highest BCUT2D eigenvalue weighted by atomic mass is 16.8. The molecule has 2 saturated heterocycles. The van der Waals surface area contributed by atoms with Crippen molar-refractivity contribution in [1.82, 2.24) is 0 Å². The van der Waals surface area contributed by atoms with Crippen molar-refractivity contribution in [3.8, 4) is 0 Å². The second-order valence-electron chi connectivity index (χ2n) is 5.53. The molecule has 23 heavy (non-hydrogen) atoms. The largest absolute Gasteiger partial charge is 0.394 e. The maximum atomic E-state index is 9.84. The van der Waals surface area contributed by atoms with Crippen LogP contribution in [0.3, 0.4) is 0 Å². The van der Waals surface area contributed by atoms with Gasteiger partial charge in [0.1, 0.15) is 48.8 Å². The highest BCUT2D eigenvalue weighted by Crippen LogP contribution is 2.27. The van der Waals surface area contributed by atoms with E-state index in [1.165, 1.54) is 0 Å². The molecular weight excluding hydrogens is 320 g/mol. The van der Waals surface area contributed by atoms with Crippen molar-refractivity contribution in [2.75, 3.05) is 13.2 Å². The summed E-state index contributed by atoms with van der Waals surface area (Å²) in [5.74, 6) is 0. The molecule has 0 unspecified atom stereocenters. The van der Waals surface area contributed by atoms with Gasteiger partial charge in [0, 0.05) is 0 Å². The minimum Gasteiger partial charge on any atom is -0.394 e. The molecule has 11 heteroatoms. The van der Waals surface area contributed by atoms with Gasteiger partial charge in [0.15, 0.2) is 12.6 Å². The molecular formula is C12H22O11. The van der Waals surface area contributed by atoms with Gasteiger partial charge in [0.25, 0.3) is 0 Å². The van der Waals surface area contributed by atoms with E-state index in [9.17, 15) is 30.6 Å². The smallest absolute Gasteiger partial charge is 0.189 e. The van der Waals surface area contributed by atoms with E-state index in [0.717, 1.165) is 0 Å². The van der Waals surface area contributed by atoms with Gasteiger partial charge in [0.2, 0.25) is 0 Å². The number of rotatable bonds is 4. The molecule has 11 nitrogen and oxygen atoms in total. The average molecular weight is 342 g/mol. The van der Waals surface area contributed by atoms with Crippen molar-refractivity contribution in [3.63, 3.8) is 0 Å². The molecule has 0 saturated carbocycles. The summed E-state index contributed by atoms with van der Waals surface area (Å²) >= 11 is 0. The van der Waals surface area contributed by atoms with Gasteiger partial charge in [-0.25, -0.2) is 0 Å². The molecule has 0 aliphatic carbocycles. The van der Waals surface area contributed by atoms with E-state index in [1.54, 1.807) is 0 Å². The molecule has 136 valence electrons. The lowest BCUT2D eigenvalue weighted by atomic mass is 9.98. The third kappa shape index (κ3) is 3.65. The Balaban J connectivity index is 2.07. The summed E-state index contributed by atoms with van der Waals surface area (Å²) in [6, 6.07) is 0. The Labute approximate surface area is 130 Å². The van der Waals surface area contributed by atoms with E-state index in [4.69, 9.17) is 24.4 Å². The van der Waals surface area contributed by atoms with Crippen LogP contribution >= 0.6 is 0 Å². The fraction of sp³-hybridized carbons (Fsp3) is 1.00. The summed E-state index contributed by atoms with van der Waals surface area (Å²) in [5.41, 5.74) is 0. The third-order valence-corrected chi connectivity index (χ3v) is 3.97. The van der Waals surface area contributed by atoms with Crippen LogP contribution in [0.25, 0.3) is 0 Å². The lowest BCUT2D eigenvalue weighted by molar-refractivity contribution is -0.376. The van der Waals surface area contributed by atoms with Crippen molar-refractivity contribution >= 4 is 0 Å². The monoisotopic (exact) mass is 342 g/mol. The van der Waals surface area contributed by atoms with Gasteiger partial charge >= 0.3 is 0 Å². The van der Waals surface area contributed by atoms with Crippen molar-refractivity contribution in [3.05, 3.63) is 0 Å². The van der Waals surface area contributed by atoms with E-state index >= 15 is 0 Å². The van der Waals surface area contributed by atoms with Crippen LogP contribution in [0.2, 0.25) is 0 Å². The van der Waals surface area contributed by atoms with Gasteiger partial charge in [-0.2, -0.15) is 0 Å². The Morgan fingerprint density at radius 3 is 1.22 bits per heavy atom. The zero-order valence-electron chi connectivity index (χ0n) is 12.0. The molecule has 0 aromatic rings. The normalized spacial score (nSPS) is 51.7. The number of aliphatic hydroxyl groups is 8. The molecule has 2 fully saturated rings. The minimum atomic E-state index is -1.72. The van der Waals surface area contributed by atoms with Gasteiger partial charge < -0.3 is 55.1 Å². The van der Waals surface area contributed by atoms with Crippen molar-refractivity contribution in [2.24, 2.45) is 0 Å². The van der Waals surface area contributed by atoms with Gasteiger partial charge in [-0.1, -0.05) is 0 Å². The van der Waals surface area contributed by atoms with E-state index in [1.807, 2.05) is 0 Å². The third-order valence-electron chi connectivity index (χ3n) is 3.97. The van der Waals surface area contributed by atoms with Crippen LogP contribution in [0.5, 0.6) is 0 Å². The Morgan fingerprint density at radius 2 is 0.913 bits per heavy atom. The first-order valence-corrected chi connectivity index (χ1v) is 7.08. The molecule has 0 bridgehead atoms. The molecule has 0 amide bonds. The summed E-state index contributed by atoms with van der Waals surface area (Å²) in [4.78, 5) is 0. The minimum absolute atomic E-state index is 0.667. The number of aliphatic hydroxyl groups excluding tert-OH is 8. The number of ether oxygens (including phenoxy) is 3. The fourth-order valence-electron chi connectivity index (χ4n) is 2.49.